The predicted octanol–water partition coefficient (Wildman–Crippen LogP) is 2.88. The molecule has 0 saturated carbocycles. The van der Waals surface area contributed by atoms with E-state index >= 15 is 0 Å². The second-order valence-corrected chi connectivity index (χ2v) is 7.99. The van der Waals surface area contributed by atoms with Crippen LogP contribution in [0.25, 0.3) is 11.3 Å². The molecule has 3 aromatic heterocycles. The second kappa shape index (κ2) is 10.1. The lowest BCUT2D eigenvalue weighted by atomic mass is 10.0. The number of pyridine rings is 1. The number of nitrogens with two attached hydrogens (primary N) is 1. The first kappa shape index (κ1) is 23.1. The minimum absolute atomic E-state index is 0.209. The number of amides is 1. The largest absolute Gasteiger partial charge is 0.383 e. The number of rotatable bonds is 5. The van der Waals surface area contributed by atoms with Gasteiger partial charge in [0.1, 0.15) is 23.2 Å². The van der Waals surface area contributed by atoms with Gasteiger partial charge in [-0.25, -0.2) is 15.0 Å². The van der Waals surface area contributed by atoms with Gasteiger partial charge in [0, 0.05) is 18.3 Å². The molecule has 1 unspecified atom stereocenters. The van der Waals surface area contributed by atoms with E-state index in [2.05, 4.69) is 42.4 Å². The van der Waals surface area contributed by atoms with Crippen LogP contribution in [0.15, 0.2) is 34.6 Å². The molecule has 8 nitrogen and oxygen atoms in total. The van der Waals surface area contributed by atoms with Crippen LogP contribution < -0.4 is 16.4 Å². The molecule has 0 aliphatic heterocycles. The first-order chi connectivity index (χ1) is 15.3. The molecule has 0 saturated heterocycles. The fourth-order valence-corrected chi connectivity index (χ4v) is 3.48. The Morgan fingerprint density at radius 2 is 2.03 bits per heavy atom. The van der Waals surface area contributed by atoms with Crippen molar-refractivity contribution in [3.05, 3.63) is 51.6 Å². The Labute approximate surface area is 191 Å². The van der Waals surface area contributed by atoms with Gasteiger partial charge in [-0.05, 0) is 63.2 Å². The third-order valence-electron chi connectivity index (χ3n) is 4.76. The summed E-state index contributed by atoms with van der Waals surface area (Å²) >= 11 is 1.55. The molecule has 0 fully saturated rings. The normalized spacial score (nSPS) is 12.1. The molecule has 164 valence electrons. The van der Waals surface area contributed by atoms with Crippen LogP contribution in [-0.2, 0) is 4.79 Å². The molecule has 0 aromatic carbocycles. The van der Waals surface area contributed by atoms with Gasteiger partial charge in [0.15, 0.2) is 0 Å². The highest BCUT2D eigenvalue weighted by atomic mass is 32.1. The number of aryl methyl sites for hydroxylation is 1. The summed E-state index contributed by atoms with van der Waals surface area (Å²) < 4.78 is 0. The molecule has 0 radical (unpaired) electrons. The number of carbonyl (C=O) groups is 1. The third-order valence-corrected chi connectivity index (χ3v) is 5.54. The average molecular weight is 448 g/mol. The molecule has 32 heavy (non-hydrogen) atoms. The maximum absolute atomic E-state index is 12.5. The Morgan fingerprint density at radius 3 is 2.69 bits per heavy atom. The van der Waals surface area contributed by atoms with E-state index in [0.29, 0.717) is 45.7 Å². The fraction of sp³-hybridized carbons (Fsp3) is 0.261. The number of likely N-dealkylation sites (N-methyl/N-ethyl adjacent to an activating group) is 1. The van der Waals surface area contributed by atoms with Gasteiger partial charge in [0.2, 0.25) is 5.91 Å². The van der Waals surface area contributed by atoms with Crippen molar-refractivity contribution >= 4 is 34.6 Å². The smallest absolute Gasteiger partial charge is 0.242 e. The van der Waals surface area contributed by atoms with E-state index in [9.17, 15) is 4.79 Å². The quantitative estimate of drug-likeness (QED) is 0.409. The molecule has 4 N–H and O–H groups in total. The minimum Gasteiger partial charge on any atom is -0.383 e. The average Bonchev–Trinajstić information content (AvgIpc) is 3.29. The Bertz CT molecular complexity index is 1220. The van der Waals surface area contributed by atoms with Gasteiger partial charge in [0.05, 0.1) is 22.2 Å². The molecule has 0 spiro atoms. The van der Waals surface area contributed by atoms with Crippen LogP contribution in [0.1, 0.15) is 35.8 Å². The van der Waals surface area contributed by atoms with Crippen molar-refractivity contribution in [1.82, 2.24) is 20.3 Å². The second-order valence-electron chi connectivity index (χ2n) is 7.04. The molecule has 3 rings (SSSR count). The molecule has 3 aromatic rings. The predicted molar refractivity (Wildman–Crippen MR) is 130 cm³/mol. The van der Waals surface area contributed by atoms with Gasteiger partial charge in [-0.3, -0.25) is 9.79 Å². The summed E-state index contributed by atoms with van der Waals surface area (Å²) in [6, 6.07) is 7.07. The molecule has 3 heterocycles. The lowest BCUT2D eigenvalue weighted by molar-refractivity contribution is -0.117. The van der Waals surface area contributed by atoms with E-state index in [-0.39, 0.29) is 11.9 Å². The van der Waals surface area contributed by atoms with Crippen LogP contribution in [0.5, 0.6) is 0 Å². The van der Waals surface area contributed by atoms with Crippen molar-refractivity contribution in [2.24, 2.45) is 4.99 Å². The number of nitrogen functional groups attached to an aromatic ring is 1. The molecule has 9 heteroatoms. The highest BCUT2D eigenvalue weighted by Gasteiger charge is 2.18. The number of aromatic nitrogens is 3. The molecule has 0 aliphatic carbocycles. The first-order valence-corrected chi connectivity index (χ1v) is 10.8. The van der Waals surface area contributed by atoms with Crippen molar-refractivity contribution < 1.29 is 4.79 Å². The van der Waals surface area contributed by atoms with Crippen LogP contribution in [0.2, 0.25) is 0 Å². The van der Waals surface area contributed by atoms with E-state index in [1.165, 1.54) is 0 Å². The van der Waals surface area contributed by atoms with E-state index in [0.717, 1.165) is 4.88 Å². The topological polar surface area (TPSA) is 118 Å². The monoisotopic (exact) mass is 447 g/mol. The summed E-state index contributed by atoms with van der Waals surface area (Å²) in [5.41, 5.74) is 9.38. The van der Waals surface area contributed by atoms with E-state index in [1.54, 1.807) is 45.3 Å². The van der Waals surface area contributed by atoms with Crippen LogP contribution in [0, 0.1) is 18.8 Å². The van der Waals surface area contributed by atoms with Gasteiger partial charge in [-0.1, -0.05) is 6.07 Å². The molecule has 0 bridgehead atoms. The van der Waals surface area contributed by atoms with Crippen LogP contribution in [0.4, 0.5) is 11.6 Å². The van der Waals surface area contributed by atoms with Gasteiger partial charge in [-0.2, -0.15) is 0 Å². The highest BCUT2D eigenvalue weighted by molar-refractivity contribution is 7.10. The van der Waals surface area contributed by atoms with E-state index < -0.39 is 0 Å². The zero-order valence-electron chi connectivity index (χ0n) is 18.6. The minimum atomic E-state index is -0.386. The Kier molecular flexibility index (Phi) is 7.30. The van der Waals surface area contributed by atoms with Crippen molar-refractivity contribution in [1.29, 1.82) is 0 Å². The summed E-state index contributed by atoms with van der Waals surface area (Å²) in [4.78, 5) is 31.1. The van der Waals surface area contributed by atoms with Gasteiger partial charge in [0.25, 0.3) is 0 Å². The lowest BCUT2D eigenvalue weighted by Crippen LogP contribution is -2.35. The fourth-order valence-electron chi connectivity index (χ4n) is 2.91. The molecular weight excluding hydrogens is 422 g/mol. The van der Waals surface area contributed by atoms with Gasteiger partial charge < -0.3 is 16.4 Å². The highest BCUT2D eigenvalue weighted by Crippen LogP contribution is 2.28. The van der Waals surface area contributed by atoms with Crippen LogP contribution in [0.3, 0.4) is 0 Å². The number of aliphatic imine (C=N–C) groups is 1. The Hall–Kier alpha value is -3.61. The summed E-state index contributed by atoms with van der Waals surface area (Å²) in [5, 5.41) is 7.73. The Balaban J connectivity index is 2.18. The number of hydrogen-bond donors (Lipinski definition) is 3. The number of carbonyl (C=O) groups excluding carboxylic acids is 1. The molecule has 1 amide bonds. The number of anilines is 2. The Morgan fingerprint density at radius 1 is 1.25 bits per heavy atom. The van der Waals surface area contributed by atoms with Crippen molar-refractivity contribution in [3.63, 3.8) is 0 Å². The van der Waals surface area contributed by atoms with E-state index in [1.807, 2.05) is 30.5 Å². The zero-order valence-corrected chi connectivity index (χ0v) is 19.5. The maximum atomic E-state index is 12.5. The summed E-state index contributed by atoms with van der Waals surface area (Å²) in [5.74, 6) is 7.22. The molecule has 0 aliphatic rings. The van der Waals surface area contributed by atoms with Crippen LogP contribution >= 0.6 is 11.3 Å². The SMILES string of the molecule is CN=C(C)c1c(N)nc(C)nc1-c1cc(C#Cc2cccs2)nc(NC(=O)C(C)NC)c1. The maximum Gasteiger partial charge on any atom is 0.242 e. The van der Waals surface area contributed by atoms with Crippen molar-refractivity contribution in [2.75, 3.05) is 25.1 Å². The number of nitrogens with zero attached hydrogens (tertiary/aromatic N) is 4. The number of hydrogen-bond acceptors (Lipinski definition) is 8. The summed E-state index contributed by atoms with van der Waals surface area (Å²) in [7, 11) is 3.41. The van der Waals surface area contributed by atoms with Crippen molar-refractivity contribution in [2.45, 2.75) is 26.8 Å². The first-order valence-electron chi connectivity index (χ1n) is 9.96. The molecular formula is C23H25N7OS. The third kappa shape index (κ3) is 5.35. The lowest BCUT2D eigenvalue weighted by Gasteiger charge is -2.14. The van der Waals surface area contributed by atoms with Crippen LogP contribution in [-0.4, -0.2) is 46.7 Å². The van der Waals surface area contributed by atoms with Crippen molar-refractivity contribution in [3.8, 4) is 23.1 Å². The molecule has 1 atom stereocenters. The summed E-state index contributed by atoms with van der Waals surface area (Å²) in [6.07, 6.45) is 0. The van der Waals surface area contributed by atoms with E-state index in [4.69, 9.17) is 5.73 Å². The van der Waals surface area contributed by atoms with Gasteiger partial charge >= 0.3 is 0 Å². The zero-order chi connectivity index (χ0) is 23.3. The summed E-state index contributed by atoms with van der Waals surface area (Å²) in [6.45, 7) is 5.40. The number of thiophene rings is 1. The van der Waals surface area contributed by atoms with Gasteiger partial charge in [-0.15, -0.1) is 11.3 Å². The number of nitrogens with one attached hydrogen (secondary N) is 2. The standard InChI is InChI=1S/C23H25N7OS/c1-13(25-4)20-21(27-15(3)28-22(20)24)16-11-17(8-9-18-7-6-10-32-18)29-19(12-16)30-23(31)14(2)26-5/h6-7,10-12,14,26H,1-5H3,(H2,24,27,28)(H,29,30,31).